The number of amides is 1. The topological polar surface area (TPSA) is 118 Å². The third-order valence-electron chi connectivity index (χ3n) is 7.97. The lowest BCUT2D eigenvalue weighted by Gasteiger charge is -2.43. The van der Waals surface area contributed by atoms with E-state index in [2.05, 4.69) is 20.3 Å². The minimum Gasteiger partial charge on any atom is -0.379 e. The Labute approximate surface area is 220 Å². The maximum absolute atomic E-state index is 13.6. The number of piperidine rings is 2. The first kappa shape index (κ1) is 24.4. The highest BCUT2D eigenvalue weighted by molar-refractivity contribution is 5.86. The van der Waals surface area contributed by atoms with Gasteiger partial charge in [0.25, 0.3) is 11.5 Å². The Bertz CT molecular complexity index is 1480. The number of carbonyl (C=O) groups excluding carboxylic acids is 1. The molecule has 0 spiro atoms. The van der Waals surface area contributed by atoms with E-state index in [0.29, 0.717) is 56.1 Å². The van der Waals surface area contributed by atoms with E-state index in [4.69, 9.17) is 0 Å². The van der Waals surface area contributed by atoms with E-state index in [-0.39, 0.29) is 23.3 Å². The van der Waals surface area contributed by atoms with Gasteiger partial charge in [0.05, 0.1) is 11.7 Å². The van der Waals surface area contributed by atoms with Gasteiger partial charge in [-0.3, -0.25) is 18.7 Å². The molecule has 2 saturated heterocycles. The third kappa shape index (κ3) is 4.39. The number of benzene rings is 1. The van der Waals surface area contributed by atoms with Crippen LogP contribution in [0.15, 0.2) is 72.2 Å². The van der Waals surface area contributed by atoms with Crippen LogP contribution in [0.3, 0.4) is 0 Å². The Hall–Kier alpha value is -3.89. The smallest absolute Gasteiger partial charge is 0.262 e. The molecule has 3 aromatic heterocycles. The molecule has 2 N–H and O–H groups in total. The molecule has 0 radical (unpaired) electrons. The van der Waals surface area contributed by atoms with E-state index >= 15 is 0 Å². The van der Waals surface area contributed by atoms with Crippen LogP contribution in [0.25, 0.3) is 17.0 Å². The molecule has 38 heavy (non-hydrogen) atoms. The van der Waals surface area contributed by atoms with Gasteiger partial charge >= 0.3 is 0 Å². The summed E-state index contributed by atoms with van der Waals surface area (Å²) in [5, 5.41) is 15.5. The average molecular weight is 514 g/mol. The number of nitrogens with one attached hydrogen (secondary N) is 1. The fourth-order valence-electron chi connectivity index (χ4n) is 5.84. The quantitative estimate of drug-likeness (QED) is 0.417. The second kappa shape index (κ2) is 10.1. The van der Waals surface area contributed by atoms with E-state index in [1.165, 1.54) is 0 Å². The fraction of sp³-hybridized carbons (Fsp3) is 0.393. The van der Waals surface area contributed by atoms with Crippen LogP contribution >= 0.6 is 0 Å². The Balaban J connectivity index is 1.14. The van der Waals surface area contributed by atoms with E-state index in [9.17, 15) is 14.7 Å². The van der Waals surface area contributed by atoms with Crippen molar-refractivity contribution >= 4 is 16.9 Å². The third-order valence-corrected chi connectivity index (χ3v) is 7.97. The molecule has 2 atom stereocenters. The molecule has 2 fully saturated rings. The molecule has 0 unspecified atom stereocenters. The zero-order valence-corrected chi connectivity index (χ0v) is 21.1. The van der Waals surface area contributed by atoms with Crippen molar-refractivity contribution in [3.05, 3.63) is 83.3 Å². The van der Waals surface area contributed by atoms with Crippen molar-refractivity contribution in [2.45, 2.75) is 37.3 Å². The fourth-order valence-corrected chi connectivity index (χ4v) is 5.84. The largest absolute Gasteiger partial charge is 0.379 e. The van der Waals surface area contributed by atoms with Crippen LogP contribution < -0.4 is 10.9 Å². The summed E-state index contributed by atoms with van der Waals surface area (Å²) >= 11 is 0. The first-order valence-electron chi connectivity index (χ1n) is 13.2. The lowest BCUT2D eigenvalue weighted by atomic mass is 9.76. The van der Waals surface area contributed by atoms with Crippen molar-refractivity contribution in [3.8, 4) is 5.95 Å². The first-order chi connectivity index (χ1) is 18.5. The molecule has 0 saturated carbocycles. The molecule has 6 rings (SSSR count). The van der Waals surface area contributed by atoms with Crippen LogP contribution in [0, 0.1) is 5.92 Å². The molecule has 0 bridgehead atoms. The molecule has 1 aromatic carbocycles. The Kier molecular flexibility index (Phi) is 6.50. The molecule has 5 heterocycles. The van der Waals surface area contributed by atoms with Crippen molar-refractivity contribution in [1.29, 1.82) is 0 Å². The van der Waals surface area contributed by atoms with Gasteiger partial charge in [-0.1, -0.05) is 30.3 Å². The summed E-state index contributed by atoms with van der Waals surface area (Å²) in [7, 11) is 0. The molecule has 0 aliphatic carbocycles. The van der Waals surface area contributed by atoms with Gasteiger partial charge in [-0.2, -0.15) is 0 Å². The number of nitrogens with zero attached hydrogens (tertiary/aromatic N) is 6. The molecular formula is C28H31N7O3. The van der Waals surface area contributed by atoms with Crippen LogP contribution in [0.4, 0.5) is 0 Å². The normalized spacial score (nSPS) is 22.6. The number of carbonyl (C=O) groups is 1. The molecule has 1 amide bonds. The van der Waals surface area contributed by atoms with Gasteiger partial charge in [0, 0.05) is 50.7 Å². The van der Waals surface area contributed by atoms with Crippen molar-refractivity contribution in [3.63, 3.8) is 0 Å². The highest BCUT2D eigenvalue weighted by Crippen LogP contribution is 2.36. The van der Waals surface area contributed by atoms with Gasteiger partial charge in [0.2, 0.25) is 5.95 Å². The van der Waals surface area contributed by atoms with Crippen molar-refractivity contribution in [1.82, 2.24) is 34.3 Å². The summed E-state index contributed by atoms with van der Waals surface area (Å²) in [6.07, 6.45) is 8.57. The molecule has 196 valence electrons. The standard InChI is InChI=1S/C28H31N7O3/c36-25-22-9-16-35(27-30-11-4-12-31-27)24(22)32-19-34(25)18-20-7-14-33(15-8-20)26(37)28(38)10-13-29-17-23(28)21-5-2-1-3-6-21/h1-6,9,11-12,16,19-20,23,29,38H,7-8,10,13-15,17-18H2/t23-,28+/m0/s1. The van der Waals surface area contributed by atoms with E-state index < -0.39 is 5.60 Å². The highest BCUT2D eigenvalue weighted by Gasteiger charge is 2.48. The van der Waals surface area contributed by atoms with Crippen LogP contribution in [-0.2, 0) is 11.3 Å². The zero-order chi connectivity index (χ0) is 26.1. The van der Waals surface area contributed by atoms with Crippen molar-refractivity contribution in [2.24, 2.45) is 5.92 Å². The van der Waals surface area contributed by atoms with Gasteiger partial charge in [-0.05, 0) is 49.4 Å². The summed E-state index contributed by atoms with van der Waals surface area (Å²) < 4.78 is 3.37. The number of hydrogen-bond acceptors (Lipinski definition) is 7. The number of fused-ring (bicyclic) bond motifs is 1. The van der Waals surface area contributed by atoms with E-state index in [1.54, 1.807) is 46.2 Å². The maximum atomic E-state index is 13.6. The lowest BCUT2D eigenvalue weighted by molar-refractivity contribution is -0.158. The molecular weight excluding hydrogens is 482 g/mol. The average Bonchev–Trinajstić information content (AvgIpc) is 3.41. The first-order valence-corrected chi connectivity index (χ1v) is 13.2. The van der Waals surface area contributed by atoms with Gasteiger partial charge in [-0.25, -0.2) is 15.0 Å². The number of likely N-dealkylation sites (tertiary alicyclic amines) is 1. The van der Waals surface area contributed by atoms with Gasteiger partial charge in [0.1, 0.15) is 0 Å². The summed E-state index contributed by atoms with van der Waals surface area (Å²) in [5.74, 6) is 0.237. The van der Waals surface area contributed by atoms with Gasteiger partial charge in [-0.15, -0.1) is 0 Å². The van der Waals surface area contributed by atoms with Crippen LogP contribution in [-0.4, -0.2) is 71.8 Å². The minimum absolute atomic E-state index is 0.0992. The molecule has 2 aliphatic rings. The SMILES string of the molecule is O=C(N1CCC(Cn2cnc3c(ccn3-c3ncccn3)c2=O)CC1)[C@@]1(O)CCNC[C@H]1c1ccccc1. The molecule has 10 heteroatoms. The Morgan fingerprint density at radius 3 is 2.58 bits per heavy atom. The highest BCUT2D eigenvalue weighted by atomic mass is 16.3. The van der Waals surface area contributed by atoms with E-state index in [1.807, 2.05) is 35.2 Å². The predicted octanol–water partition coefficient (Wildman–Crippen LogP) is 1.72. The van der Waals surface area contributed by atoms with Gasteiger partial charge < -0.3 is 15.3 Å². The molecule has 2 aliphatic heterocycles. The summed E-state index contributed by atoms with van der Waals surface area (Å²) in [4.78, 5) is 41.7. The van der Waals surface area contributed by atoms with Crippen molar-refractivity contribution in [2.75, 3.05) is 26.2 Å². The number of hydrogen-bond donors (Lipinski definition) is 2. The Morgan fingerprint density at radius 2 is 1.82 bits per heavy atom. The molecule has 10 nitrogen and oxygen atoms in total. The van der Waals surface area contributed by atoms with Gasteiger partial charge in [0.15, 0.2) is 11.2 Å². The predicted molar refractivity (Wildman–Crippen MR) is 142 cm³/mol. The second-order valence-electron chi connectivity index (χ2n) is 10.3. The van der Waals surface area contributed by atoms with Crippen LogP contribution in [0.2, 0.25) is 0 Å². The Morgan fingerprint density at radius 1 is 1.05 bits per heavy atom. The van der Waals surface area contributed by atoms with Crippen LogP contribution in [0.1, 0.15) is 30.7 Å². The molecule has 4 aromatic rings. The minimum atomic E-state index is -1.42. The summed E-state index contributed by atoms with van der Waals surface area (Å²) in [5.41, 5.74) is -0.0136. The maximum Gasteiger partial charge on any atom is 0.262 e. The lowest BCUT2D eigenvalue weighted by Crippen LogP contribution is -2.59. The number of aliphatic hydroxyl groups is 1. The number of rotatable bonds is 5. The second-order valence-corrected chi connectivity index (χ2v) is 10.3. The van der Waals surface area contributed by atoms with E-state index in [0.717, 1.165) is 18.4 Å². The van der Waals surface area contributed by atoms with Crippen LogP contribution in [0.5, 0.6) is 0 Å². The monoisotopic (exact) mass is 513 g/mol. The number of aromatic nitrogens is 5. The summed E-state index contributed by atoms with van der Waals surface area (Å²) in [6, 6.07) is 13.3. The zero-order valence-electron chi connectivity index (χ0n) is 21.1. The summed E-state index contributed by atoms with van der Waals surface area (Å²) in [6.45, 7) is 2.84. The van der Waals surface area contributed by atoms with Crippen molar-refractivity contribution < 1.29 is 9.90 Å².